The first-order valence-corrected chi connectivity index (χ1v) is 7.18. The number of hydrogen-bond acceptors (Lipinski definition) is 3. The maximum absolute atomic E-state index is 8.86. The molecule has 0 amide bonds. The number of nitrogens with zero attached hydrogens (tertiary/aromatic N) is 3. The molecule has 1 aromatic carbocycles. The second kappa shape index (κ2) is 6.41. The number of pyridine rings is 1. The summed E-state index contributed by atoms with van der Waals surface area (Å²) in [6, 6.07) is 16.4. The summed E-state index contributed by atoms with van der Waals surface area (Å²) in [6.07, 6.45) is 2.40. The van der Waals surface area contributed by atoms with Crippen molar-refractivity contribution in [3.05, 3.63) is 54.2 Å². The van der Waals surface area contributed by atoms with Crippen LogP contribution in [-0.4, -0.2) is 11.5 Å². The third-order valence-corrected chi connectivity index (χ3v) is 3.41. The van der Waals surface area contributed by atoms with Crippen LogP contribution >= 0.6 is 0 Å². The van der Waals surface area contributed by atoms with Crippen LogP contribution in [0.5, 0.6) is 0 Å². The average Bonchev–Trinajstić information content (AvgIpc) is 2.48. The van der Waals surface area contributed by atoms with Crippen molar-refractivity contribution >= 4 is 11.5 Å². The van der Waals surface area contributed by atoms with Gasteiger partial charge in [-0.25, -0.2) is 4.98 Å². The van der Waals surface area contributed by atoms with E-state index in [0.29, 0.717) is 13.0 Å². The lowest BCUT2D eigenvalue weighted by Crippen LogP contribution is -2.20. The molecule has 0 atom stereocenters. The van der Waals surface area contributed by atoms with Crippen LogP contribution in [0, 0.1) is 11.3 Å². The Kier molecular flexibility index (Phi) is 4.59. The highest BCUT2D eigenvalue weighted by Gasteiger charge is 2.15. The van der Waals surface area contributed by atoms with E-state index in [1.807, 2.05) is 42.6 Å². The van der Waals surface area contributed by atoms with E-state index in [1.54, 1.807) is 0 Å². The van der Waals surface area contributed by atoms with Crippen LogP contribution in [0.4, 0.5) is 11.5 Å². The molecule has 0 spiro atoms. The molecule has 0 radical (unpaired) electrons. The summed E-state index contributed by atoms with van der Waals surface area (Å²) in [5.74, 6) is 0.879. The van der Waals surface area contributed by atoms with Gasteiger partial charge in [-0.1, -0.05) is 45.0 Å². The second-order valence-electron chi connectivity index (χ2n) is 6.05. The van der Waals surface area contributed by atoms with Crippen LogP contribution in [0.3, 0.4) is 0 Å². The Hall–Kier alpha value is -2.34. The number of hydrogen-bond donors (Lipinski definition) is 0. The van der Waals surface area contributed by atoms with E-state index in [1.165, 1.54) is 5.56 Å². The lowest BCUT2D eigenvalue weighted by molar-refractivity contribution is 0.587. The molecule has 2 rings (SSSR count). The molecule has 0 aliphatic carbocycles. The first kappa shape index (κ1) is 15.1. The number of benzene rings is 1. The van der Waals surface area contributed by atoms with Crippen molar-refractivity contribution in [2.24, 2.45) is 0 Å². The first-order chi connectivity index (χ1) is 10.0. The molecular formula is C18H21N3. The number of aromatic nitrogens is 1. The molecule has 0 aliphatic rings. The highest BCUT2D eigenvalue weighted by atomic mass is 15.2. The summed E-state index contributed by atoms with van der Waals surface area (Å²) < 4.78 is 0. The van der Waals surface area contributed by atoms with Crippen molar-refractivity contribution in [1.29, 1.82) is 5.26 Å². The summed E-state index contributed by atoms with van der Waals surface area (Å²) >= 11 is 0. The van der Waals surface area contributed by atoms with E-state index >= 15 is 0 Å². The average molecular weight is 279 g/mol. The van der Waals surface area contributed by atoms with Crippen LogP contribution in [0.1, 0.15) is 32.8 Å². The Labute approximate surface area is 126 Å². The van der Waals surface area contributed by atoms with E-state index in [4.69, 9.17) is 5.26 Å². The van der Waals surface area contributed by atoms with Crippen molar-refractivity contribution in [3.63, 3.8) is 0 Å². The maximum atomic E-state index is 8.86. The Morgan fingerprint density at radius 1 is 1.10 bits per heavy atom. The quantitative estimate of drug-likeness (QED) is 0.831. The van der Waals surface area contributed by atoms with Gasteiger partial charge in [0.1, 0.15) is 5.82 Å². The fourth-order valence-electron chi connectivity index (χ4n) is 2.14. The minimum absolute atomic E-state index is 0.0930. The van der Waals surface area contributed by atoms with E-state index < -0.39 is 0 Å². The molecule has 3 heteroatoms. The number of anilines is 2. The molecule has 0 N–H and O–H groups in total. The van der Waals surface area contributed by atoms with Gasteiger partial charge in [0.05, 0.1) is 12.5 Å². The standard InChI is InChI=1S/C18H21N3/c1-18(2,3)15-10-11-17(20-14-15)21(13-7-12-19)16-8-5-4-6-9-16/h4-6,8-11,14H,7,13H2,1-3H3. The summed E-state index contributed by atoms with van der Waals surface area (Å²) in [4.78, 5) is 6.67. The van der Waals surface area contributed by atoms with Crippen molar-refractivity contribution < 1.29 is 0 Å². The Balaban J connectivity index is 2.31. The van der Waals surface area contributed by atoms with E-state index in [-0.39, 0.29) is 5.41 Å². The zero-order chi connectivity index (χ0) is 15.3. The Morgan fingerprint density at radius 2 is 1.81 bits per heavy atom. The van der Waals surface area contributed by atoms with E-state index in [2.05, 4.69) is 42.8 Å². The third-order valence-electron chi connectivity index (χ3n) is 3.41. The zero-order valence-corrected chi connectivity index (χ0v) is 12.9. The summed E-state index contributed by atoms with van der Waals surface area (Å²) in [6.45, 7) is 7.17. The van der Waals surface area contributed by atoms with Crippen LogP contribution in [0.25, 0.3) is 0 Å². The van der Waals surface area contributed by atoms with Gasteiger partial charge in [-0.2, -0.15) is 5.26 Å². The van der Waals surface area contributed by atoms with Gasteiger partial charge in [-0.3, -0.25) is 0 Å². The van der Waals surface area contributed by atoms with Crippen LogP contribution < -0.4 is 4.90 Å². The van der Waals surface area contributed by atoms with Gasteiger partial charge in [0.2, 0.25) is 0 Å². The lowest BCUT2D eigenvalue weighted by atomic mass is 9.88. The number of nitriles is 1. The molecule has 0 aliphatic heterocycles. The topological polar surface area (TPSA) is 39.9 Å². The highest BCUT2D eigenvalue weighted by Crippen LogP contribution is 2.26. The monoisotopic (exact) mass is 279 g/mol. The van der Waals surface area contributed by atoms with Gasteiger partial charge in [-0.05, 0) is 29.2 Å². The predicted molar refractivity (Wildman–Crippen MR) is 86.6 cm³/mol. The Bertz CT molecular complexity index is 604. The summed E-state index contributed by atoms with van der Waals surface area (Å²) in [5.41, 5.74) is 2.36. The molecule has 2 aromatic rings. The van der Waals surface area contributed by atoms with Crippen LogP contribution in [0.15, 0.2) is 48.7 Å². The molecule has 3 nitrogen and oxygen atoms in total. The van der Waals surface area contributed by atoms with Crippen molar-refractivity contribution in [2.75, 3.05) is 11.4 Å². The predicted octanol–water partition coefficient (Wildman–Crippen LogP) is 4.43. The second-order valence-corrected chi connectivity index (χ2v) is 6.05. The molecule has 108 valence electrons. The first-order valence-electron chi connectivity index (χ1n) is 7.18. The molecule has 0 saturated heterocycles. The zero-order valence-electron chi connectivity index (χ0n) is 12.9. The third kappa shape index (κ3) is 3.82. The van der Waals surface area contributed by atoms with Gasteiger partial charge in [-0.15, -0.1) is 0 Å². The molecular weight excluding hydrogens is 258 g/mol. The van der Waals surface area contributed by atoms with Crippen molar-refractivity contribution in [2.45, 2.75) is 32.6 Å². The molecule has 21 heavy (non-hydrogen) atoms. The van der Waals surface area contributed by atoms with Crippen LogP contribution in [0.2, 0.25) is 0 Å². The largest absolute Gasteiger partial charge is 0.325 e. The van der Waals surface area contributed by atoms with Gasteiger partial charge >= 0.3 is 0 Å². The maximum Gasteiger partial charge on any atom is 0.132 e. The number of para-hydroxylation sites is 1. The van der Waals surface area contributed by atoms with E-state index in [9.17, 15) is 0 Å². The molecule has 1 aromatic heterocycles. The van der Waals surface area contributed by atoms with Gasteiger partial charge in [0.25, 0.3) is 0 Å². The van der Waals surface area contributed by atoms with Gasteiger partial charge < -0.3 is 4.90 Å². The molecule has 1 heterocycles. The molecule has 0 saturated carbocycles. The minimum atomic E-state index is 0.0930. The molecule has 0 unspecified atom stereocenters. The summed E-state index contributed by atoms with van der Waals surface area (Å²) in [5, 5.41) is 8.86. The number of rotatable bonds is 4. The normalized spacial score (nSPS) is 11.0. The van der Waals surface area contributed by atoms with Crippen LogP contribution in [-0.2, 0) is 5.41 Å². The summed E-state index contributed by atoms with van der Waals surface area (Å²) in [7, 11) is 0. The van der Waals surface area contributed by atoms with Crippen molar-refractivity contribution in [3.8, 4) is 6.07 Å². The molecule has 0 bridgehead atoms. The highest BCUT2D eigenvalue weighted by molar-refractivity contribution is 5.60. The lowest BCUT2D eigenvalue weighted by Gasteiger charge is -2.24. The fraction of sp³-hybridized carbons (Fsp3) is 0.333. The smallest absolute Gasteiger partial charge is 0.132 e. The SMILES string of the molecule is CC(C)(C)c1ccc(N(CCC#N)c2ccccc2)nc1. The Morgan fingerprint density at radius 3 is 2.33 bits per heavy atom. The van der Waals surface area contributed by atoms with Gasteiger partial charge in [0.15, 0.2) is 0 Å². The van der Waals surface area contributed by atoms with Gasteiger partial charge in [0, 0.05) is 18.4 Å². The van der Waals surface area contributed by atoms with Crippen molar-refractivity contribution in [1.82, 2.24) is 4.98 Å². The minimum Gasteiger partial charge on any atom is -0.325 e. The fourth-order valence-corrected chi connectivity index (χ4v) is 2.14. The molecule has 0 fully saturated rings. The van der Waals surface area contributed by atoms with E-state index in [0.717, 1.165) is 11.5 Å².